The van der Waals surface area contributed by atoms with Gasteiger partial charge in [-0.15, -0.1) is 0 Å². The number of rotatable bonds is 3. The molecule has 0 N–H and O–H groups in total. The predicted molar refractivity (Wildman–Crippen MR) is 73.6 cm³/mol. The van der Waals surface area contributed by atoms with E-state index in [1.807, 2.05) is 31.2 Å². The van der Waals surface area contributed by atoms with Gasteiger partial charge in [-0.25, -0.2) is 4.98 Å². The lowest BCUT2D eigenvalue weighted by molar-refractivity contribution is 0.174. The van der Waals surface area contributed by atoms with Gasteiger partial charge in [0.05, 0.1) is 0 Å². The van der Waals surface area contributed by atoms with Crippen molar-refractivity contribution in [1.82, 2.24) is 4.98 Å². The highest BCUT2D eigenvalue weighted by molar-refractivity contribution is 9.10. The molecule has 5 heteroatoms. The lowest BCUT2D eigenvalue weighted by Gasteiger charge is -2.08. The molecule has 0 fully saturated rings. The van der Waals surface area contributed by atoms with Crippen molar-refractivity contribution in [1.29, 1.82) is 0 Å². The third kappa shape index (κ3) is 2.66. The van der Waals surface area contributed by atoms with Crippen molar-refractivity contribution in [3.8, 4) is 17.4 Å². The van der Waals surface area contributed by atoms with Crippen molar-refractivity contribution < 1.29 is 14.2 Å². The van der Waals surface area contributed by atoms with E-state index in [4.69, 9.17) is 14.2 Å². The molecular formula is C14H12BrNO3. The predicted octanol–water partition coefficient (Wildman–Crippen LogP) is 3.46. The molecule has 0 spiro atoms. The second kappa shape index (κ2) is 5.09. The van der Waals surface area contributed by atoms with Crippen LogP contribution in [-0.2, 0) is 6.61 Å². The molecule has 0 saturated heterocycles. The minimum absolute atomic E-state index is 0.285. The summed E-state index contributed by atoms with van der Waals surface area (Å²) in [5.41, 5.74) is 2.02. The molecule has 1 aliphatic rings. The van der Waals surface area contributed by atoms with Gasteiger partial charge in [0.2, 0.25) is 12.7 Å². The topological polar surface area (TPSA) is 40.6 Å². The van der Waals surface area contributed by atoms with E-state index in [0.717, 1.165) is 27.1 Å². The smallest absolute Gasteiger partial charge is 0.231 e. The maximum absolute atomic E-state index is 5.71. The van der Waals surface area contributed by atoms with Crippen LogP contribution in [0.2, 0.25) is 0 Å². The molecule has 2 aromatic rings. The zero-order valence-corrected chi connectivity index (χ0v) is 11.9. The zero-order chi connectivity index (χ0) is 13.2. The molecule has 0 atom stereocenters. The molecule has 3 rings (SSSR count). The highest BCUT2D eigenvalue weighted by Gasteiger charge is 2.13. The lowest BCUT2D eigenvalue weighted by atomic mass is 10.2. The second-order valence-corrected chi connectivity index (χ2v) is 5.17. The Labute approximate surface area is 119 Å². The van der Waals surface area contributed by atoms with Gasteiger partial charge < -0.3 is 14.2 Å². The summed E-state index contributed by atoms with van der Waals surface area (Å²) in [5.74, 6) is 2.18. The van der Waals surface area contributed by atoms with Gasteiger partial charge in [-0.2, -0.15) is 0 Å². The van der Waals surface area contributed by atoms with E-state index in [1.54, 1.807) is 6.20 Å². The number of nitrogens with zero attached hydrogens (tertiary/aromatic N) is 1. The number of ether oxygens (including phenoxy) is 3. The van der Waals surface area contributed by atoms with Crippen molar-refractivity contribution in [2.75, 3.05) is 6.79 Å². The van der Waals surface area contributed by atoms with Gasteiger partial charge in [0.1, 0.15) is 6.61 Å². The number of halogens is 1. The Hall–Kier alpha value is -1.75. The highest BCUT2D eigenvalue weighted by atomic mass is 79.9. The summed E-state index contributed by atoms with van der Waals surface area (Å²) < 4.78 is 17.3. The summed E-state index contributed by atoms with van der Waals surface area (Å²) in [6.45, 7) is 2.70. The van der Waals surface area contributed by atoms with Gasteiger partial charge in [0.15, 0.2) is 11.5 Å². The van der Waals surface area contributed by atoms with Gasteiger partial charge in [-0.1, -0.05) is 6.07 Å². The number of aryl methyl sites for hydroxylation is 1. The fourth-order valence-electron chi connectivity index (χ4n) is 1.86. The maximum atomic E-state index is 5.71. The largest absolute Gasteiger partial charge is 0.473 e. The van der Waals surface area contributed by atoms with E-state index >= 15 is 0 Å². The minimum atomic E-state index is 0.285. The Kier molecular flexibility index (Phi) is 3.29. The average molecular weight is 322 g/mol. The summed E-state index contributed by atoms with van der Waals surface area (Å²) in [4.78, 5) is 4.24. The Bertz CT molecular complexity index is 616. The third-order valence-electron chi connectivity index (χ3n) is 2.81. The standard InChI is InChI=1S/C14H12BrNO3/c1-9-4-11(15)6-16-14(9)17-7-10-2-3-12-13(5-10)19-8-18-12/h2-6H,7-8H2,1H3. The van der Waals surface area contributed by atoms with Crippen molar-refractivity contribution in [2.45, 2.75) is 13.5 Å². The van der Waals surface area contributed by atoms with Crippen molar-refractivity contribution >= 4 is 15.9 Å². The van der Waals surface area contributed by atoms with Gasteiger partial charge in [0, 0.05) is 16.2 Å². The molecule has 1 aromatic carbocycles. The normalized spacial score (nSPS) is 12.5. The van der Waals surface area contributed by atoms with E-state index in [1.165, 1.54) is 0 Å². The van der Waals surface area contributed by atoms with E-state index in [0.29, 0.717) is 12.5 Å². The molecule has 19 heavy (non-hydrogen) atoms. The number of benzene rings is 1. The van der Waals surface area contributed by atoms with Crippen molar-refractivity contribution in [3.63, 3.8) is 0 Å². The van der Waals surface area contributed by atoms with Gasteiger partial charge in [0.25, 0.3) is 0 Å². The Morgan fingerprint density at radius 3 is 2.95 bits per heavy atom. The van der Waals surface area contributed by atoms with Gasteiger partial charge in [-0.3, -0.25) is 0 Å². The first-order chi connectivity index (χ1) is 9.22. The highest BCUT2D eigenvalue weighted by Crippen LogP contribution is 2.32. The molecule has 0 aliphatic carbocycles. The fraction of sp³-hybridized carbons (Fsp3) is 0.214. The number of hydrogen-bond donors (Lipinski definition) is 0. The van der Waals surface area contributed by atoms with E-state index in [9.17, 15) is 0 Å². The van der Waals surface area contributed by atoms with E-state index in [2.05, 4.69) is 20.9 Å². The third-order valence-corrected chi connectivity index (χ3v) is 3.24. The monoisotopic (exact) mass is 321 g/mol. The molecule has 0 bridgehead atoms. The quantitative estimate of drug-likeness (QED) is 0.868. The van der Waals surface area contributed by atoms with Crippen LogP contribution in [0.3, 0.4) is 0 Å². The number of aromatic nitrogens is 1. The second-order valence-electron chi connectivity index (χ2n) is 4.25. The molecule has 4 nitrogen and oxygen atoms in total. The van der Waals surface area contributed by atoms with Crippen LogP contribution in [0.4, 0.5) is 0 Å². The summed E-state index contributed by atoms with van der Waals surface area (Å²) in [6, 6.07) is 7.75. The van der Waals surface area contributed by atoms with Crippen LogP contribution in [0.1, 0.15) is 11.1 Å². The SMILES string of the molecule is Cc1cc(Br)cnc1OCc1ccc2c(c1)OCO2. The molecule has 0 radical (unpaired) electrons. The van der Waals surface area contributed by atoms with Gasteiger partial charge in [-0.05, 0) is 46.6 Å². The van der Waals surface area contributed by atoms with Crippen LogP contribution in [0.25, 0.3) is 0 Å². The molecule has 0 saturated carbocycles. The van der Waals surface area contributed by atoms with Crippen LogP contribution in [0.15, 0.2) is 34.9 Å². The Morgan fingerprint density at radius 2 is 2.11 bits per heavy atom. The van der Waals surface area contributed by atoms with Crippen LogP contribution in [0, 0.1) is 6.92 Å². The first-order valence-electron chi connectivity index (χ1n) is 5.86. The van der Waals surface area contributed by atoms with Crippen LogP contribution < -0.4 is 14.2 Å². The zero-order valence-electron chi connectivity index (χ0n) is 10.4. The molecule has 1 aromatic heterocycles. The summed E-state index contributed by atoms with van der Waals surface area (Å²) in [6.07, 6.45) is 1.72. The Morgan fingerprint density at radius 1 is 1.26 bits per heavy atom. The first-order valence-corrected chi connectivity index (χ1v) is 6.65. The van der Waals surface area contributed by atoms with E-state index < -0.39 is 0 Å². The van der Waals surface area contributed by atoms with Crippen molar-refractivity contribution in [3.05, 3.63) is 46.1 Å². The van der Waals surface area contributed by atoms with Crippen LogP contribution in [-0.4, -0.2) is 11.8 Å². The van der Waals surface area contributed by atoms with Crippen LogP contribution in [0.5, 0.6) is 17.4 Å². The molecular weight excluding hydrogens is 310 g/mol. The molecule has 2 heterocycles. The number of pyridine rings is 1. The fourth-order valence-corrected chi connectivity index (χ4v) is 2.31. The molecule has 0 amide bonds. The van der Waals surface area contributed by atoms with Crippen LogP contribution >= 0.6 is 15.9 Å². The summed E-state index contributed by atoms with van der Waals surface area (Å²) in [7, 11) is 0. The Balaban J connectivity index is 1.72. The first kappa shape index (κ1) is 12.3. The summed E-state index contributed by atoms with van der Waals surface area (Å²) in [5, 5.41) is 0. The lowest BCUT2D eigenvalue weighted by Crippen LogP contribution is -1.99. The maximum Gasteiger partial charge on any atom is 0.231 e. The average Bonchev–Trinajstić information content (AvgIpc) is 2.85. The summed E-state index contributed by atoms with van der Waals surface area (Å²) >= 11 is 3.38. The molecule has 1 aliphatic heterocycles. The molecule has 98 valence electrons. The minimum Gasteiger partial charge on any atom is -0.473 e. The van der Waals surface area contributed by atoms with E-state index in [-0.39, 0.29) is 6.79 Å². The molecule has 0 unspecified atom stereocenters. The van der Waals surface area contributed by atoms with Crippen molar-refractivity contribution in [2.24, 2.45) is 0 Å². The number of hydrogen-bond acceptors (Lipinski definition) is 4. The number of fused-ring (bicyclic) bond motifs is 1. The van der Waals surface area contributed by atoms with Gasteiger partial charge >= 0.3 is 0 Å².